The first-order chi connectivity index (χ1) is 15.6. The van der Waals surface area contributed by atoms with Crippen LogP contribution in [0, 0.1) is 0 Å². The van der Waals surface area contributed by atoms with Crippen LogP contribution in [0.2, 0.25) is 0 Å². The van der Waals surface area contributed by atoms with Gasteiger partial charge in [0.05, 0.1) is 0 Å². The molecule has 0 unspecified atom stereocenters. The van der Waals surface area contributed by atoms with Gasteiger partial charge in [0, 0.05) is 0 Å². The zero-order valence-electron chi connectivity index (χ0n) is 18.7. The van der Waals surface area contributed by atoms with Gasteiger partial charge in [0.2, 0.25) is 0 Å². The molecule has 5 heteroatoms. The molecule has 0 aliphatic rings. The summed E-state index contributed by atoms with van der Waals surface area (Å²) in [5.74, 6) is 1.79. The van der Waals surface area contributed by atoms with Crippen LogP contribution in [0.4, 0.5) is 0 Å². The number of ether oxygens (including phenoxy) is 1. The minimum atomic E-state index is -2.79. The maximum absolute atomic E-state index is 11.3. The van der Waals surface area contributed by atoms with Crippen molar-refractivity contribution in [3.63, 3.8) is 0 Å². The second kappa shape index (κ2) is 12.0. The predicted octanol–water partition coefficient (Wildman–Crippen LogP) is 6.29. The molecular weight excluding hydrogens is 499 g/mol. The third-order valence-electron chi connectivity index (χ3n) is 5.93. The second-order valence-electron chi connectivity index (χ2n) is 7.91. The first-order valence-electron chi connectivity index (χ1n) is 11.1. The van der Waals surface area contributed by atoms with Crippen LogP contribution >= 0.6 is 32.6 Å². The summed E-state index contributed by atoms with van der Waals surface area (Å²) in [6, 6.07) is 32.9. The van der Waals surface area contributed by atoms with E-state index in [-0.39, 0.29) is 5.97 Å². The number of hydrogen-bond acceptors (Lipinski definition) is 3. The van der Waals surface area contributed by atoms with Crippen molar-refractivity contribution in [2.45, 2.75) is 25.7 Å². The van der Waals surface area contributed by atoms with E-state index in [1.54, 1.807) is 0 Å². The van der Waals surface area contributed by atoms with E-state index in [0.717, 1.165) is 30.5 Å². The summed E-state index contributed by atoms with van der Waals surface area (Å²) in [4.78, 5) is 11.3. The normalized spacial score (nSPS) is 12.6. The number of methoxy groups -OCH3 is 1. The number of thioether (sulfide) groups is 1. The summed E-state index contributed by atoms with van der Waals surface area (Å²) in [6.07, 6.45) is 5.04. The summed E-state index contributed by atoms with van der Waals surface area (Å²) in [5.41, 5.74) is 0. The van der Waals surface area contributed by atoms with Crippen LogP contribution < -0.4 is 15.9 Å². The topological polar surface area (TPSA) is 26.3 Å². The van der Waals surface area contributed by atoms with Crippen LogP contribution in [0.5, 0.6) is 0 Å². The first kappa shape index (κ1) is 25.0. The number of halogens is 1. The van der Waals surface area contributed by atoms with E-state index in [9.17, 15) is 4.79 Å². The van der Waals surface area contributed by atoms with E-state index in [4.69, 9.17) is 4.74 Å². The third kappa shape index (κ3) is 5.65. The van der Waals surface area contributed by atoms with Gasteiger partial charge >= 0.3 is 205 Å². The van der Waals surface area contributed by atoms with Crippen LogP contribution in [-0.4, -0.2) is 30.7 Å². The zero-order valence-corrected chi connectivity index (χ0v) is 22.0. The number of rotatable bonds is 12. The van der Waals surface area contributed by atoms with Crippen molar-refractivity contribution in [3.8, 4) is 0 Å². The minimum absolute atomic E-state index is 0.122. The quantitative estimate of drug-likeness (QED) is 0.156. The van der Waals surface area contributed by atoms with E-state index in [1.165, 1.54) is 29.4 Å². The molecule has 3 aromatic rings. The fraction of sp³-hybridized carbons (Fsp3) is 0.296. The number of carbonyl (C=O) groups excluding carboxylic acids is 1. The van der Waals surface area contributed by atoms with Crippen LogP contribution in [-0.2, 0) is 9.53 Å². The van der Waals surface area contributed by atoms with Crippen molar-refractivity contribution in [2.75, 3.05) is 24.8 Å². The molecule has 0 saturated heterocycles. The molecule has 0 bridgehead atoms. The van der Waals surface area contributed by atoms with Gasteiger partial charge < -0.3 is 0 Å². The maximum atomic E-state index is 11.3. The number of unbranched alkanes of at least 4 members (excludes halogenated alkanes) is 2. The number of benzene rings is 3. The predicted molar refractivity (Wildman–Crippen MR) is 147 cm³/mol. The fourth-order valence-electron chi connectivity index (χ4n) is 4.20. The van der Waals surface area contributed by atoms with Gasteiger partial charge in [-0.3, -0.25) is 0 Å². The SMILES string of the molecule is COC(=O)CCSCCCCCP(Br)(c1ccccc1)(c1ccccc1)c1ccccc1. The Bertz CT molecular complexity index is 867. The third-order valence-corrected chi connectivity index (χ3v) is 17.0. The van der Waals surface area contributed by atoms with E-state index in [2.05, 4.69) is 106 Å². The Morgan fingerprint density at radius 2 is 1.22 bits per heavy atom. The first-order valence-corrected chi connectivity index (χ1v) is 16.7. The summed E-state index contributed by atoms with van der Waals surface area (Å²) in [5, 5.41) is 1.35. The van der Waals surface area contributed by atoms with Crippen LogP contribution in [0.3, 0.4) is 0 Å². The van der Waals surface area contributed by atoms with Crippen molar-refractivity contribution in [3.05, 3.63) is 91.0 Å². The summed E-state index contributed by atoms with van der Waals surface area (Å²) >= 11 is 6.35. The van der Waals surface area contributed by atoms with Gasteiger partial charge in [0.15, 0.2) is 0 Å². The van der Waals surface area contributed by atoms with Crippen molar-refractivity contribution in [1.29, 1.82) is 0 Å². The zero-order chi connectivity index (χ0) is 22.7. The van der Waals surface area contributed by atoms with E-state index < -0.39 is 5.31 Å². The van der Waals surface area contributed by atoms with Gasteiger partial charge in [-0.25, -0.2) is 0 Å². The molecule has 0 amide bonds. The van der Waals surface area contributed by atoms with Crippen molar-refractivity contribution in [1.82, 2.24) is 0 Å². The van der Waals surface area contributed by atoms with E-state index >= 15 is 0 Å². The van der Waals surface area contributed by atoms with Crippen molar-refractivity contribution in [2.24, 2.45) is 0 Å². The Labute approximate surface area is 204 Å². The fourth-order valence-corrected chi connectivity index (χ4v) is 12.9. The number of esters is 1. The van der Waals surface area contributed by atoms with Gasteiger partial charge in [0.25, 0.3) is 0 Å². The standard InChI is InChI=1S/C27H32BrO2PS/c1-30-27(29)20-23-32-22-13-5-12-21-31(28,24-14-6-2-7-15-24,25-16-8-3-9-17-25)26-18-10-4-11-19-26/h2-4,6-11,14-19H,5,12-13,20-23H2,1H3. The van der Waals surface area contributed by atoms with Crippen molar-refractivity contribution >= 4 is 54.4 Å². The molecule has 170 valence electrons. The molecule has 3 rings (SSSR count). The van der Waals surface area contributed by atoms with Gasteiger partial charge in [-0.2, -0.15) is 0 Å². The van der Waals surface area contributed by atoms with E-state index in [1.807, 2.05) is 11.8 Å². The molecule has 0 fully saturated rings. The summed E-state index contributed by atoms with van der Waals surface area (Å²) < 4.78 is 4.72. The Kier molecular flexibility index (Phi) is 9.40. The average molecular weight is 531 g/mol. The molecule has 0 saturated carbocycles. The molecule has 0 atom stereocenters. The van der Waals surface area contributed by atoms with Gasteiger partial charge in [-0.15, -0.1) is 0 Å². The van der Waals surface area contributed by atoms with Crippen LogP contribution in [0.15, 0.2) is 91.0 Å². The Hall–Kier alpha value is -1.61. The van der Waals surface area contributed by atoms with Crippen molar-refractivity contribution < 1.29 is 9.53 Å². The molecule has 2 nitrogen and oxygen atoms in total. The molecule has 32 heavy (non-hydrogen) atoms. The van der Waals surface area contributed by atoms with Gasteiger partial charge in [-0.1, -0.05) is 0 Å². The molecular formula is C27H32BrO2PS. The molecule has 0 N–H and O–H groups in total. The molecule has 3 aromatic carbocycles. The second-order valence-corrected chi connectivity index (χ2v) is 18.2. The molecule has 0 radical (unpaired) electrons. The monoisotopic (exact) mass is 530 g/mol. The summed E-state index contributed by atoms with van der Waals surface area (Å²) in [6.45, 7) is 0. The number of carbonyl (C=O) groups is 1. The molecule has 0 aliphatic heterocycles. The Morgan fingerprint density at radius 3 is 1.66 bits per heavy atom. The molecule has 0 aliphatic carbocycles. The Balaban J connectivity index is 1.82. The molecule has 0 aromatic heterocycles. The molecule has 0 spiro atoms. The Morgan fingerprint density at radius 1 is 0.750 bits per heavy atom. The van der Waals surface area contributed by atoms with Gasteiger partial charge in [-0.05, 0) is 0 Å². The van der Waals surface area contributed by atoms with Gasteiger partial charge in [0.1, 0.15) is 0 Å². The van der Waals surface area contributed by atoms with Crippen LogP contribution in [0.1, 0.15) is 25.7 Å². The van der Waals surface area contributed by atoms with E-state index in [0.29, 0.717) is 6.42 Å². The number of hydrogen-bond donors (Lipinski definition) is 0. The summed E-state index contributed by atoms with van der Waals surface area (Å²) in [7, 11) is 1.45. The average Bonchev–Trinajstić information content (AvgIpc) is 2.87. The van der Waals surface area contributed by atoms with Crippen LogP contribution in [0.25, 0.3) is 0 Å². The molecule has 0 heterocycles.